The number of aromatic nitrogens is 1. The van der Waals surface area contributed by atoms with Gasteiger partial charge in [0, 0.05) is 5.69 Å². The van der Waals surface area contributed by atoms with Crippen LogP contribution in [0.25, 0.3) is 0 Å². The zero-order chi connectivity index (χ0) is 11.1. The summed E-state index contributed by atoms with van der Waals surface area (Å²) in [6.07, 6.45) is 1.12. The van der Waals surface area contributed by atoms with Gasteiger partial charge in [-0.1, -0.05) is 33.8 Å². The molecule has 0 saturated heterocycles. The smallest absolute Gasteiger partial charge is 0.106 e. The summed E-state index contributed by atoms with van der Waals surface area (Å²) >= 11 is 3.35. The van der Waals surface area contributed by atoms with Gasteiger partial charge >= 0.3 is 0 Å². The van der Waals surface area contributed by atoms with Crippen molar-refractivity contribution in [2.45, 2.75) is 41.0 Å². The van der Waals surface area contributed by atoms with Crippen molar-refractivity contribution in [3.8, 4) is 0 Å². The molecule has 0 spiro atoms. The van der Waals surface area contributed by atoms with Crippen LogP contribution in [-0.4, -0.2) is 4.98 Å². The monoisotopic (exact) mass is 257 g/mol. The third-order valence-electron chi connectivity index (χ3n) is 1.79. The van der Waals surface area contributed by atoms with Gasteiger partial charge in [-0.3, -0.25) is 0 Å². The summed E-state index contributed by atoms with van der Waals surface area (Å²) in [5.74, 6) is 0.701. The highest BCUT2D eigenvalue weighted by Crippen LogP contribution is 2.14. The maximum atomic E-state index is 4.34. The van der Waals surface area contributed by atoms with Gasteiger partial charge in [0.15, 0.2) is 0 Å². The molecule has 1 aromatic heterocycles. The lowest BCUT2D eigenvalue weighted by Crippen LogP contribution is -1.98. The van der Waals surface area contributed by atoms with Gasteiger partial charge in [-0.25, -0.2) is 4.98 Å². The molecule has 0 bridgehead atoms. The number of aryl methyl sites for hydroxylation is 1. The van der Waals surface area contributed by atoms with Crippen molar-refractivity contribution in [3.63, 3.8) is 0 Å². The Labute approximate surface area is 96.1 Å². The van der Waals surface area contributed by atoms with E-state index in [0.717, 1.165) is 16.7 Å². The Kier molecular flexibility index (Phi) is 6.81. The van der Waals surface area contributed by atoms with Crippen molar-refractivity contribution in [1.29, 1.82) is 0 Å². The van der Waals surface area contributed by atoms with Crippen LogP contribution in [0.2, 0.25) is 0 Å². The zero-order valence-corrected chi connectivity index (χ0v) is 11.4. The van der Waals surface area contributed by atoms with E-state index in [9.17, 15) is 0 Å². The zero-order valence-electron chi connectivity index (χ0n) is 9.76. The van der Waals surface area contributed by atoms with Gasteiger partial charge in [0.05, 0.1) is 0 Å². The Morgan fingerprint density at radius 2 is 1.86 bits per heavy atom. The molecule has 1 rings (SSSR count). The Balaban J connectivity index is 0.000000791. The minimum Gasteiger partial charge on any atom is -0.246 e. The summed E-state index contributed by atoms with van der Waals surface area (Å²) in [5, 5.41) is 0. The molecule has 0 aliphatic carbocycles. The maximum Gasteiger partial charge on any atom is 0.106 e. The quantitative estimate of drug-likeness (QED) is 0.717. The first-order chi connectivity index (χ1) is 6.59. The van der Waals surface area contributed by atoms with Crippen molar-refractivity contribution in [2.24, 2.45) is 5.92 Å². The SMILES string of the molecule is CC.Cc1nc(Br)ccc1CC(C)C. The third-order valence-corrected chi connectivity index (χ3v) is 2.23. The molecule has 14 heavy (non-hydrogen) atoms. The van der Waals surface area contributed by atoms with Gasteiger partial charge < -0.3 is 0 Å². The van der Waals surface area contributed by atoms with Crippen LogP contribution < -0.4 is 0 Å². The summed E-state index contributed by atoms with van der Waals surface area (Å²) in [6, 6.07) is 4.15. The predicted octanol–water partition coefficient (Wildman–Crippen LogP) is 4.38. The minimum absolute atomic E-state index is 0.701. The lowest BCUT2D eigenvalue weighted by Gasteiger charge is -2.07. The molecule has 80 valence electrons. The predicted molar refractivity (Wildman–Crippen MR) is 66.6 cm³/mol. The fourth-order valence-corrected chi connectivity index (χ4v) is 1.61. The number of pyridine rings is 1. The lowest BCUT2D eigenvalue weighted by atomic mass is 10.0. The van der Waals surface area contributed by atoms with Crippen LogP contribution in [0.1, 0.15) is 39.0 Å². The fourth-order valence-electron chi connectivity index (χ4n) is 1.21. The first-order valence-corrected chi connectivity index (χ1v) is 6.01. The second-order valence-electron chi connectivity index (χ2n) is 3.48. The highest BCUT2D eigenvalue weighted by molar-refractivity contribution is 9.10. The van der Waals surface area contributed by atoms with E-state index in [1.54, 1.807) is 0 Å². The van der Waals surface area contributed by atoms with Crippen molar-refractivity contribution < 1.29 is 0 Å². The second kappa shape index (κ2) is 6.99. The summed E-state index contributed by atoms with van der Waals surface area (Å²) in [6.45, 7) is 10.5. The van der Waals surface area contributed by atoms with Crippen molar-refractivity contribution in [1.82, 2.24) is 4.98 Å². The molecule has 0 N–H and O–H groups in total. The molecule has 1 heterocycles. The topological polar surface area (TPSA) is 12.9 Å². The minimum atomic E-state index is 0.701. The molecule has 0 amide bonds. The van der Waals surface area contributed by atoms with Crippen LogP contribution in [0.4, 0.5) is 0 Å². The summed E-state index contributed by atoms with van der Waals surface area (Å²) in [7, 11) is 0. The third kappa shape index (κ3) is 4.75. The van der Waals surface area contributed by atoms with Gasteiger partial charge in [0.1, 0.15) is 4.60 Å². The average Bonchev–Trinajstić information content (AvgIpc) is 2.13. The average molecular weight is 258 g/mol. The van der Waals surface area contributed by atoms with Gasteiger partial charge in [0.25, 0.3) is 0 Å². The Morgan fingerprint density at radius 1 is 1.29 bits per heavy atom. The first-order valence-electron chi connectivity index (χ1n) is 5.21. The lowest BCUT2D eigenvalue weighted by molar-refractivity contribution is 0.642. The van der Waals surface area contributed by atoms with E-state index in [0.29, 0.717) is 5.92 Å². The summed E-state index contributed by atoms with van der Waals surface area (Å²) < 4.78 is 0.924. The van der Waals surface area contributed by atoms with Gasteiger partial charge in [0.2, 0.25) is 0 Å². The highest BCUT2D eigenvalue weighted by Gasteiger charge is 2.02. The molecule has 0 saturated carbocycles. The Morgan fingerprint density at radius 3 is 2.29 bits per heavy atom. The Bertz CT molecular complexity index is 269. The number of rotatable bonds is 2. The van der Waals surface area contributed by atoms with E-state index >= 15 is 0 Å². The largest absolute Gasteiger partial charge is 0.246 e. The molecule has 1 aromatic rings. The van der Waals surface area contributed by atoms with Crippen molar-refractivity contribution in [3.05, 3.63) is 28.0 Å². The molecule has 0 atom stereocenters. The molecule has 0 aliphatic heterocycles. The standard InChI is InChI=1S/C10H14BrN.C2H6/c1-7(2)6-9-4-5-10(11)12-8(9)3;1-2/h4-5,7H,6H2,1-3H3;1-2H3. The van der Waals surface area contributed by atoms with E-state index in [2.05, 4.69) is 47.8 Å². The van der Waals surface area contributed by atoms with Crippen LogP contribution in [0.3, 0.4) is 0 Å². The molecule has 2 heteroatoms. The first kappa shape index (κ1) is 13.6. The molecule has 0 unspecified atom stereocenters. The van der Waals surface area contributed by atoms with E-state index in [1.807, 2.05) is 19.9 Å². The number of hydrogen-bond acceptors (Lipinski definition) is 1. The van der Waals surface area contributed by atoms with Crippen LogP contribution in [0.15, 0.2) is 16.7 Å². The molecule has 0 aromatic carbocycles. The molecular formula is C12H20BrN. The van der Waals surface area contributed by atoms with Crippen molar-refractivity contribution in [2.75, 3.05) is 0 Å². The Hall–Kier alpha value is -0.370. The second-order valence-corrected chi connectivity index (χ2v) is 4.29. The van der Waals surface area contributed by atoms with Gasteiger partial charge in [-0.05, 0) is 46.8 Å². The molecular weight excluding hydrogens is 238 g/mol. The van der Waals surface area contributed by atoms with Crippen LogP contribution in [0.5, 0.6) is 0 Å². The highest BCUT2D eigenvalue weighted by atomic mass is 79.9. The summed E-state index contributed by atoms with van der Waals surface area (Å²) in [5.41, 5.74) is 2.49. The maximum absolute atomic E-state index is 4.34. The molecule has 0 radical (unpaired) electrons. The van der Waals surface area contributed by atoms with E-state index < -0.39 is 0 Å². The fraction of sp³-hybridized carbons (Fsp3) is 0.583. The summed E-state index contributed by atoms with van der Waals surface area (Å²) in [4.78, 5) is 4.34. The van der Waals surface area contributed by atoms with E-state index in [4.69, 9.17) is 0 Å². The van der Waals surface area contributed by atoms with Gasteiger partial charge in [-0.2, -0.15) is 0 Å². The number of nitrogens with zero attached hydrogens (tertiary/aromatic N) is 1. The molecule has 1 nitrogen and oxygen atoms in total. The van der Waals surface area contributed by atoms with Crippen LogP contribution >= 0.6 is 15.9 Å². The van der Waals surface area contributed by atoms with Crippen LogP contribution in [0, 0.1) is 12.8 Å². The van der Waals surface area contributed by atoms with Gasteiger partial charge in [-0.15, -0.1) is 0 Å². The van der Waals surface area contributed by atoms with Crippen molar-refractivity contribution >= 4 is 15.9 Å². The molecule has 0 fully saturated rings. The number of hydrogen-bond donors (Lipinski definition) is 0. The van der Waals surface area contributed by atoms with E-state index in [-0.39, 0.29) is 0 Å². The van der Waals surface area contributed by atoms with Crippen LogP contribution in [-0.2, 0) is 6.42 Å². The number of halogens is 1. The normalized spacial score (nSPS) is 9.64. The molecule has 0 aliphatic rings. The van der Waals surface area contributed by atoms with E-state index in [1.165, 1.54) is 5.56 Å².